The lowest BCUT2D eigenvalue weighted by Gasteiger charge is -2.09. The molecule has 0 bridgehead atoms. The Morgan fingerprint density at radius 3 is 2.52 bits per heavy atom. The Hall–Kier alpha value is -2.54. The largest absolute Gasteiger partial charge is 0.366 e. The maximum absolute atomic E-state index is 12.8. The zero-order valence-electron chi connectivity index (χ0n) is 13.8. The molecule has 132 valence electrons. The van der Waals surface area contributed by atoms with Crippen LogP contribution in [0.3, 0.4) is 0 Å². The topological polar surface area (TPSA) is 84.2 Å². The molecule has 7 heteroatoms. The third-order valence-corrected chi connectivity index (χ3v) is 4.54. The van der Waals surface area contributed by atoms with E-state index in [0.29, 0.717) is 23.4 Å². The molecule has 0 saturated carbocycles. The van der Waals surface area contributed by atoms with Crippen molar-refractivity contribution in [2.45, 2.75) is 18.2 Å². The van der Waals surface area contributed by atoms with Gasteiger partial charge in [-0.1, -0.05) is 0 Å². The lowest BCUT2D eigenvalue weighted by molar-refractivity contribution is 0.0999. The Kier molecular flexibility index (Phi) is 6.82. The van der Waals surface area contributed by atoms with Gasteiger partial charge in [-0.2, -0.15) is 0 Å². The summed E-state index contributed by atoms with van der Waals surface area (Å²) in [6, 6.07) is 10.9. The van der Waals surface area contributed by atoms with E-state index in [1.165, 1.54) is 12.1 Å². The van der Waals surface area contributed by atoms with E-state index in [2.05, 4.69) is 10.6 Å². The van der Waals surface area contributed by atoms with Crippen LogP contribution in [0.5, 0.6) is 0 Å². The number of hydrogen-bond donors (Lipinski definition) is 3. The third-order valence-electron chi connectivity index (χ3n) is 3.44. The number of amides is 3. The number of carbonyl (C=O) groups is 2. The molecule has 0 atom stereocenters. The summed E-state index contributed by atoms with van der Waals surface area (Å²) < 4.78 is 12.8. The van der Waals surface area contributed by atoms with Gasteiger partial charge >= 0.3 is 6.03 Å². The molecule has 0 aliphatic rings. The van der Waals surface area contributed by atoms with Crippen LogP contribution in [0, 0.1) is 12.7 Å². The van der Waals surface area contributed by atoms with E-state index in [4.69, 9.17) is 5.73 Å². The van der Waals surface area contributed by atoms with Gasteiger partial charge in [0.05, 0.1) is 0 Å². The highest BCUT2D eigenvalue weighted by Gasteiger charge is 2.07. The Bertz CT molecular complexity index is 750. The number of benzene rings is 2. The van der Waals surface area contributed by atoms with Crippen molar-refractivity contribution in [2.75, 3.05) is 17.6 Å². The van der Waals surface area contributed by atoms with Crippen LogP contribution < -0.4 is 16.4 Å². The van der Waals surface area contributed by atoms with E-state index in [1.54, 1.807) is 49.0 Å². The van der Waals surface area contributed by atoms with Crippen LogP contribution >= 0.6 is 11.8 Å². The summed E-state index contributed by atoms with van der Waals surface area (Å²) in [4.78, 5) is 24.0. The monoisotopic (exact) mass is 361 g/mol. The number of aryl methyl sites for hydroxylation is 1. The summed E-state index contributed by atoms with van der Waals surface area (Å²) in [7, 11) is 0. The lowest BCUT2D eigenvalue weighted by atomic mass is 10.1. The summed E-state index contributed by atoms with van der Waals surface area (Å²) in [5.41, 5.74) is 6.99. The van der Waals surface area contributed by atoms with Crippen molar-refractivity contribution in [1.82, 2.24) is 5.32 Å². The van der Waals surface area contributed by atoms with Gasteiger partial charge in [-0.15, -0.1) is 11.8 Å². The molecular weight excluding hydrogens is 341 g/mol. The number of thioether (sulfide) groups is 1. The first-order valence-corrected chi connectivity index (χ1v) is 8.78. The van der Waals surface area contributed by atoms with Crippen LogP contribution in [-0.4, -0.2) is 24.2 Å². The minimum atomic E-state index is -0.493. The van der Waals surface area contributed by atoms with Crippen LogP contribution in [0.1, 0.15) is 22.3 Å². The van der Waals surface area contributed by atoms with E-state index in [-0.39, 0.29) is 11.8 Å². The fourth-order valence-electron chi connectivity index (χ4n) is 2.19. The second-order valence-corrected chi connectivity index (χ2v) is 6.60. The van der Waals surface area contributed by atoms with Gasteiger partial charge in [-0.05, 0) is 67.1 Å². The van der Waals surface area contributed by atoms with Crippen LogP contribution in [0.2, 0.25) is 0 Å². The maximum Gasteiger partial charge on any atom is 0.319 e. The molecule has 5 nitrogen and oxygen atoms in total. The first-order valence-electron chi connectivity index (χ1n) is 7.79. The van der Waals surface area contributed by atoms with Crippen molar-refractivity contribution >= 4 is 29.4 Å². The van der Waals surface area contributed by atoms with E-state index >= 15 is 0 Å². The van der Waals surface area contributed by atoms with Gasteiger partial charge in [0.2, 0.25) is 5.91 Å². The molecule has 3 amide bonds. The normalized spacial score (nSPS) is 10.3. The predicted octanol–water partition coefficient (Wildman–Crippen LogP) is 3.54. The first kappa shape index (κ1) is 18.8. The van der Waals surface area contributed by atoms with Gasteiger partial charge in [0.1, 0.15) is 5.82 Å². The number of anilines is 1. The minimum Gasteiger partial charge on any atom is -0.366 e. The van der Waals surface area contributed by atoms with Crippen molar-refractivity contribution in [3.8, 4) is 0 Å². The van der Waals surface area contributed by atoms with Gasteiger partial charge in [-0.25, -0.2) is 9.18 Å². The van der Waals surface area contributed by atoms with E-state index in [0.717, 1.165) is 17.1 Å². The molecular formula is C18H20FN3O2S. The Morgan fingerprint density at radius 2 is 1.88 bits per heavy atom. The molecule has 0 heterocycles. The second-order valence-electron chi connectivity index (χ2n) is 5.43. The first-order chi connectivity index (χ1) is 12.0. The standard InChI is InChI=1S/C18H20FN3O2S/c1-12-11-14(5-8-16(12)17(20)23)22-18(24)21-9-2-10-25-15-6-3-13(19)4-7-15/h3-8,11H,2,9-10H2,1H3,(H2,20,23)(H2,21,22,24). The number of rotatable bonds is 7. The Morgan fingerprint density at radius 1 is 1.16 bits per heavy atom. The number of urea groups is 1. The highest BCUT2D eigenvalue weighted by atomic mass is 32.2. The zero-order valence-corrected chi connectivity index (χ0v) is 14.7. The van der Waals surface area contributed by atoms with Crippen molar-refractivity contribution in [2.24, 2.45) is 5.73 Å². The smallest absolute Gasteiger partial charge is 0.319 e. The Balaban J connectivity index is 1.69. The molecule has 0 fully saturated rings. The quantitative estimate of drug-likeness (QED) is 0.521. The molecule has 0 aliphatic heterocycles. The molecule has 2 aromatic rings. The SMILES string of the molecule is Cc1cc(NC(=O)NCCCSc2ccc(F)cc2)ccc1C(N)=O. The third kappa shape index (κ3) is 6.11. The van der Waals surface area contributed by atoms with Crippen LogP contribution in [0.4, 0.5) is 14.9 Å². The number of carbonyl (C=O) groups excluding carboxylic acids is 2. The molecule has 0 aromatic heterocycles. The molecule has 0 aliphatic carbocycles. The molecule has 0 unspecified atom stereocenters. The van der Waals surface area contributed by atoms with Crippen molar-refractivity contribution < 1.29 is 14.0 Å². The highest BCUT2D eigenvalue weighted by Crippen LogP contribution is 2.18. The zero-order chi connectivity index (χ0) is 18.2. The summed E-state index contributed by atoms with van der Waals surface area (Å²) in [5.74, 6) is 0.0761. The van der Waals surface area contributed by atoms with Gasteiger partial charge in [0, 0.05) is 22.7 Å². The summed E-state index contributed by atoms with van der Waals surface area (Å²) in [6.45, 7) is 2.29. The van der Waals surface area contributed by atoms with Crippen molar-refractivity contribution in [3.63, 3.8) is 0 Å². The fraction of sp³-hybridized carbons (Fsp3) is 0.222. The molecule has 2 rings (SSSR count). The van der Waals surface area contributed by atoms with Gasteiger partial charge in [-0.3, -0.25) is 4.79 Å². The highest BCUT2D eigenvalue weighted by molar-refractivity contribution is 7.99. The van der Waals surface area contributed by atoms with Gasteiger partial charge in [0.25, 0.3) is 0 Å². The number of hydrogen-bond acceptors (Lipinski definition) is 3. The Labute approximate surface area is 150 Å². The predicted molar refractivity (Wildman–Crippen MR) is 98.5 cm³/mol. The van der Waals surface area contributed by atoms with E-state index in [9.17, 15) is 14.0 Å². The summed E-state index contributed by atoms with van der Waals surface area (Å²) in [6.07, 6.45) is 0.787. The maximum atomic E-state index is 12.8. The number of primary amides is 1. The van der Waals surface area contributed by atoms with Crippen LogP contribution in [0.25, 0.3) is 0 Å². The molecule has 0 saturated heterocycles. The molecule has 2 aromatic carbocycles. The van der Waals surface area contributed by atoms with Crippen molar-refractivity contribution in [3.05, 3.63) is 59.4 Å². The lowest BCUT2D eigenvalue weighted by Crippen LogP contribution is -2.29. The van der Waals surface area contributed by atoms with E-state index in [1.807, 2.05) is 0 Å². The number of nitrogens with two attached hydrogens (primary N) is 1. The van der Waals surface area contributed by atoms with Crippen LogP contribution in [0.15, 0.2) is 47.4 Å². The average molecular weight is 361 g/mol. The molecule has 0 radical (unpaired) electrons. The average Bonchev–Trinajstić information content (AvgIpc) is 2.56. The van der Waals surface area contributed by atoms with Gasteiger partial charge < -0.3 is 16.4 Å². The van der Waals surface area contributed by atoms with Gasteiger partial charge in [0.15, 0.2) is 0 Å². The van der Waals surface area contributed by atoms with Crippen molar-refractivity contribution in [1.29, 1.82) is 0 Å². The number of halogens is 1. The molecule has 25 heavy (non-hydrogen) atoms. The van der Waals surface area contributed by atoms with E-state index < -0.39 is 5.91 Å². The molecule has 4 N–H and O–H groups in total. The fourth-order valence-corrected chi connectivity index (χ4v) is 3.04. The second kappa shape index (κ2) is 9.08. The minimum absolute atomic E-state index is 0.248. The summed E-state index contributed by atoms with van der Waals surface area (Å²) in [5, 5.41) is 5.48. The number of nitrogens with one attached hydrogen (secondary N) is 2. The summed E-state index contributed by atoms with van der Waals surface area (Å²) >= 11 is 1.61. The van der Waals surface area contributed by atoms with Crippen LogP contribution in [-0.2, 0) is 0 Å². The molecule has 0 spiro atoms.